The average Bonchev–Trinajstić information content (AvgIpc) is 2.46. The highest BCUT2D eigenvalue weighted by molar-refractivity contribution is 7.90. The predicted molar refractivity (Wildman–Crippen MR) is 84.1 cm³/mol. The maximum absolute atomic E-state index is 12.3. The van der Waals surface area contributed by atoms with E-state index in [1.54, 1.807) is 45.2 Å². The van der Waals surface area contributed by atoms with Crippen LogP contribution in [0.1, 0.15) is 32.8 Å². The Labute approximate surface area is 127 Å². The van der Waals surface area contributed by atoms with Crippen LogP contribution in [0.3, 0.4) is 0 Å². The van der Waals surface area contributed by atoms with Crippen LogP contribution in [0.15, 0.2) is 24.3 Å². The SMILES string of the molecule is CCCNS(=O)(=O)C(C)(C)c1ccc(OCCOC)cc1. The summed E-state index contributed by atoms with van der Waals surface area (Å²) in [5, 5.41) is 0. The van der Waals surface area contributed by atoms with E-state index < -0.39 is 14.8 Å². The van der Waals surface area contributed by atoms with Crippen LogP contribution >= 0.6 is 0 Å². The van der Waals surface area contributed by atoms with Crippen molar-refractivity contribution in [2.24, 2.45) is 0 Å². The molecule has 0 saturated heterocycles. The molecule has 1 aromatic rings. The van der Waals surface area contributed by atoms with Gasteiger partial charge in [0.1, 0.15) is 17.1 Å². The monoisotopic (exact) mass is 315 g/mol. The number of hydrogen-bond donors (Lipinski definition) is 1. The number of methoxy groups -OCH3 is 1. The molecule has 0 unspecified atom stereocenters. The molecule has 0 aliphatic rings. The summed E-state index contributed by atoms with van der Waals surface area (Å²) in [7, 11) is -1.81. The van der Waals surface area contributed by atoms with Gasteiger partial charge in [0.05, 0.1) is 6.61 Å². The minimum Gasteiger partial charge on any atom is -0.491 e. The van der Waals surface area contributed by atoms with Gasteiger partial charge in [-0.05, 0) is 38.0 Å². The standard InChI is InChI=1S/C15H25NO4S/c1-5-10-16-21(17,18)15(2,3)13-6-8-14(9-7-13)20-12-11-19-4/h6-9,16H,5,10-12H2,1-4H3. The largest absolute Gasteiger partial charge is 0.491 e. The van der Waals surface area contributed by atoms with Gasteiger partial charge in [0.15, 0.2) is 0 Å². The first kappa shape index (κ1) is 17.9. The molecule has 0 saturated carbocycles. The molecule has 1 aromatic carbocycles. The molecule has 0 heterocycles. The average molecular weight is 315 g/mol. The van der Waals surface area contributed by atoms with Gasteiger partial charge in [-0.3, -0.25) is 0 Å². The van der Waals surface area contributed by atoms with E-state index in [4.69, 9.17) is 9.47 Å². The highest BCUT2D eigenvalue weighted by atomic mass is 32.2. The third-order valence-electron chi connectivity index (χ3n) is 3.32. The zero-order valence-corrected chi connectivity index (χ0v) is 14.0. The molecule has 0 spiro atoms. The van der Waals surface area contributed by atoms with E-state index in [0.717, 1.165) is 12.0 Å². The summed E-state index contributed by atoms with van der Waals surface area (Å²) < 4.78 is 36.7. The molecule has 1 N–H and O–H groups in total. The zero-order chi connectivity index (χ0) is 15.9. The van der Waals surface area contributed by atoms with Crippen molar-refractivity contribution in [3.63, 3.8) is 0 Å². The van der Waals surface area contributed by atoms with Gasteiger partial charge >= 0.3 is 0 Å². The van der Waals surface area contributed by atoms with E-state index in [-0.39, 0.29) is 0 Å². The Morgan fingerprint density at radius 3 is 2.29 bits per heavy atom. The lowest BCUT2D eigenvalue weighted by atomic mass is 10.0. The van der Waals surface area contributed by atoms with Crippen molar-refractivity contribution in [2.75, 3.05) is 26.9 Å². The lowest BCUT2D eigenvalue weighted by molar-refractivity contribution is 0.146. The summed E-state index contributed by atoms with van der Waals surface area (Å²) in [6.45, 7) is 6.77. The van der Waals surface area contributed by atoms with Crippen LogP contribution in [0.5, 0.6) is 5.75 Å². The molecule has 0 fully saturated rings. The highest BCUT2D eigenvalue weighted by Gasteiger charge is 2.35. The first-order valence-corrected chi connectivity index (χ1v) is 8.55. The lowest BCUT2D eigenvalue weighted by Crippen LogP contribution is -2.39. The third kappa shape index (κ3) is 4.69. The van der Waals surface area contributed by atoms with Gasteiger partial charge in [-0.2, -0.15) is 0 Å². The smallest absolute Gasteiger partial charge is 0.221 e. The summed E-state index contributed by atoms with van der Waals surface area (Å²) in [6.07, 6.45) is 0.765. The van der Waals surface area contributed by atoms with Crippen molar-refractivity contribution in [1.82, 2.24) is 4.72 Å². The van der Waals surface area contributed by atoms with Gasteiger partial charge in [-0.25, -0.2) is 13.1 Å². The normalized spacial score (nSPS) is 12.4. The molecule has 21 heavy (non-hydrogen) atoms. The summed E-state index contributed by atoms with van der Waals surface area (Å²) in [5.74, 6) is 0.700. The molecule has 120 valence electrons. The molecule has 0 aliphatic heterocycles. The molecule has 0 aliphatic carbocycles. The second-order valence-corrected chi connectivity index (χ2v) is 7.59. The summed E-state index contributed by atoms with van der Waals surface area (Å²) in [4.78, 5) is 0. The summed E-state index contributed by atoms with van der Waals surface area (Å²) in [6, 6.07) is 7.13. The fraction of sp³-hybridized carbons (Fsp3) is 0.600. The van der Waals surface area contributed by atoms with Crippen molar-refractivity contribution in [3.8, 4) is 5.75 Å². The Kier molecular flexibility index (Phi) is 6.64. The Morgan fingerprint density at radius 2 is 1.76 bits per heavy atom. The number of benzene rings is 1. The molecule has 0 atom stereocenters. The second-order valence-electron chi connectivity index (χ2n) is 5.27. The molecular formula is C15H25NO4S. The lowest BCUT2D eigenvalue weighted by Gasteiger charge is -2.25. The number of rotatable bonds is 9. The summed E-state index contributed by atoms with van der Waals surface area (Å²) in [5.41, 5.74) is 0.727. The van der Waals surface area contributed by atoms with Gasteiger partial charge in [0.25, 0.3) is 0 Å². The maximum Gasteiger partial charge on any atom is 0.221 e. The number of sulfonamides is 1. The quantitative estimate of drug-likeness (QED) is 0.710. The van der Waals surface area contributed by atoms with Gasteiger partial charge in [-0.15, -0.1) is 0 Å². The Balaban J connectivity index is 2.84. The van der Waals surface area contributed by atoms with Crippen LogP contribution in [-0.2, 0) is 19.5 Å². The van der Waals surface area contributed by atoms with Gasteiger partial charge < -0.3 is 9.47 Å². The van der Waals surface area contributed by atoms with Crippen LogP contribution in [0.4, 0.5) is 0 Å². The van der Waals surface area contributed by atoms with Gasteiger partial charge in [0, 0.05) is 13.7 Å². The van der Waals surface area contributed by atoms with Crippen LogP contribution < -0.4 is 9.46 Å². The highest BCUT2D eigenvalue weighted by Crippen LogP contribution is 2.30. The van der Waals surface area contributed by atoms with Crippen LogP contribution in [-0.4, -0.2) is 35.3 Å². The van der Waals surface area contributed by atoms with Crippen molar-refractivity contribution < 1.29 is 17.9 Å². The minimum absolute atomic E-state index is 0.448. The predicted octanol–water partition coefficient (Wildman–Crippen LogP) is 2.28. The fourth-order valence-electron chi connectivity index (χ4n) is 1.77. The van der Waals surface area contributed by atoms with Gasteiger partial charge in [0.2, 0.25) is 10.0 Å². The van der Waals surface area contributed by atoms with Crippen LogP contribution in [0, 0.1) is 0 Å². The molecule has 6 heteroatoms. The van der Waals surface area contributed by atoms with Gasteiger partial charge in [-0.1, -0.05) is 19.1 Å². The van der Waals surface area contributed by atoms with Crippen LogP contribution in [0.25, 0.3) is 0 Å². The molecule has 1 rings (SSSR count). The minimum atomic E-state index is -3.42. The third-order valence-corrected chi connectivity index (χ3v) is 5.48. The number of hydrogen-bond acceptors (Lipinski definition) is 4. The fourth-order valence-corrected chi connectivity index (χ4v) is 3.05. The first-order chi connectivity index (χ1) is 9.85. The summed E-state index contributed by atoms with van der Waals surface area (Å²) >= 11 is 0. The number of ether oxygens (including phenoxy) is 2. The molecule has 0 radical (unpaired) electrons. The maximum atomic E-state index is 12.3. The van der Waals surface area contributed by atoms with E-state index in [0.29, 0.717) is 25.5 Å². The zero-order valence-electron chi connectivity index (χ0n) is 13.2. The van der Waals surface area contributed by atoms with E-state index >= 15 is 0 Å². The Bertz CT molecular complexity index is 523. The van der Waals surface area contributed by atoms with Crippen molar-refractivity contribution >= 4 is 10.0 Å². The molecule has 0 amide bonds. The van der Waals surface area contributed by atoms with E-state index in [1.165, 1.54) is 0 Å². The molecule has 5 nitrogen and oxygen atoms in total. The second kappa shape index (κ2) is 7.77. The molecular weight excluding hydrogens is 290 g/mol. The number of nitrogens with one attached hydrogen (secondary N) is 1. The van der Waals surface area contributed by atoms with Crippen molar-refractivity contribution in [2.45, 2.75) is 31.9 Å². The Hall–Kier alpha value is -1.11. The van der Waals surface area contributed by atoms with E-state index in [1.807, 2.05) is 6.92 Å². The van der Waals surface area contributed by atoms with Crippen molar-refractivity contribution in [1.29, 1.82) is 0 Å². The molecule has 0 bridgehead atoms. The topological polar surface area (TPSA) is 64.6 Å². The van der Waals surface area contributed by atoms with Crippen molar-refractivity contribution in [3.05, 3.63) is 29.8 Å². The van der Waals surface area contributed by atoms with E-state index in [9.17, 15) is 8.42 Å². The van der Waals surface area contributed by atoms with Crippen LogP contribution in [0.2, 0.25) is 0 Å². The molecule has 0 aromatic heterocycles. The Morgan fingerprint density at radius 1 is 1.14 bits per heavy atom. The first-order valence-electron chi connectivity index (χ1n) is 7.06. The van der Waals surface area contributed by atoms with E-state index in [2.05, 4.69) is 4.72 Å².